The Hall–Kier alpha value is -1.18. The molecule has 0 spiro atoms. The molecule has 0 amide bonds. The Morgan fingerprint density at radius 1 is 1.47 bits per heavy atom. The maximum absolute atomic E-state index is 8.69. The summed E-state index contributed by atoms with van der Waals surface area (Å²) in [6.07, 6.45) is 3.32. The van der Waals surface area contributed by atoms with E-state index in [-0.39, 0.29) is 5.15 Å². The summed E-state index contributed by atoms with van der Waals surface area (Å²) >= 11 is 5.84. The quantitative estimate of drug-likeness (QED) is 0.683. The maximum Gasteiger partial charge on any atom is 0.150 e. The third kappa shape index (κ3) is 2.25. The third-order valence-corrected chi connectivity index (χ3v) is 2.76. The van der Waals surface area contributed by atoms with Gasteiger partial charge in [-0.1, -0.05) is 11.6 Å². The van der Waals surface area contributed by atoms with Crippen LogP contribution in [0.2, 0.25) is 5.15 Å². The number of halogens is 1. The minimum atomic E-state index is 0.244. The molecule has 0 unspecified atom stereocenters. The molecule has 0 N–H and O–H groups in total. The topological polar surface area (TPSA) is 58.8 Å². The molecule has 1 saturated heterocycles. The van der Waals surface area contributed by atoms with E-state index in [9.17, 15) is 0 Å². The number of ether oxygens (including phenoxy) is 1. The van der Waals surface area contributed by atoms with Crippen molar-refractivity contribution in [3.8, 4) is 6.07 Å². The van der Waals surface area contributed by atoms with Gasteiger partial charge in [-0.2, -0.15) is 5.26 Å². The smallest absolute Gasteiger partial charge is 0.150 e. The molecular formula is C10H10ClN3O. The van der Waals surface area contributed by atoms with Crippen LogP contribution in [0.25, 0.3) is 0 Å². The molecule has 1 fully saturated rings. The molecule has 15 heavy (non-hydrogen) atoms. The van der Waals surface area contributed by atoms with Gasteiger partial charge in [0.2, 0.25) is 0 Å². The summed E-state index contributed by atoms with van der Waals surface area (Å²) < 4.78 is 5.26. The summed E-state index contributed by atoms with van der Waals surface area (Å²) in [5.41, 5.74) is 0.326. The lowest BCUT2D eigenvalue weighted by Crippen LogP contribution is -2.16. The second-order valence-electron chi connectivity index (χ2n) is 3.43. The van der Waals surface area contributed by atoms with E-state index in [0.717, 1.165) is 31.9 Å². The van der Waals surface area contributed by atoms with Gasteiger partial charge in [-0.15, -0.1) is 0 Å². The normalized spacial score (nSPS) is 17.3. The number of rotatable bonds is 1. The van der Waals surface area contributed by atoms with E-state index in [1.165, 1.54) is 6.20 Å². The van der Waals surface area contributed by atoms with Gasteiger partial charge in [0.1, 0.15) is 17.5 Å². The predicted octanol–water partition coefficient (Wildman–Crippen LogP) is 1.90. The second kappa shape index (κ2) is 4.56. The van der Waals surface area contributed by atoms with E-state index in [2.05, 4.69) is 9.97 Å². The van der Waals surface area contributed by atoms with Crippen molar-refractivity contribution in [3.63, 3.8) is 0 Å². The van der Waals surface area contributed by atoms with Crippen LogP contribution < -0.4 is 0 Å². The lowest BCUT2D eigenvalue weighted by Gasteiger charge is -2.20. The summed E-state index contributed by atoms with van der Waals surface area (Å²) in [5.74, 6) is 1.03. The zero-order valence-corrected chi connectivity index (χ0v) is 8.87. The SMILES string of the molecule is N#Cc1cnc(C2CCOCC2)nc1Cl. The van der Waals surface area contributed by atoms with E-state index < -0.39 is 0 Å². The molecule has 1 aliphatic rings. The number of hydrogen-bond acceptors (Lipinski definition) is 4. The molecule has 4 nitrogen and oxygen atoms in total. The number of nitrogens with zero attached hydrogens (tertiary/aromatic N) is 3. The molecule has 2 heterocycles. The summed E-state index contributed by atoms with van der Waals surface area (Å²) in [6.45, 7) is 1.48. The Kier molecular flexibility index (Phi) is 3.14. The summed E-state index contributed by atoms with van der Waals surface area (Å²) in [7, 11) is 0. The van der Waals surface area contributed by atoms with Crippen molar-refractivity contribution < 1.29 is 4.74 Å². The van der Waals surface area contributed by atoms with Crippen molar-refractivity contribution >= 4 is 11.6 Å². The molecule has 0 aromatic carbocycles. The molecule has 2 rings (SSSR count). The van der Waals surface area contributed by atoms with Crippen LogP contribution in [0.1, 0.15) is 30.1 Å². The van der Waals surface area contributed by atoms with E-state index in [1.54, 1.807) is 0 Å². The molecule has 0 aliphatic carbocycles. The Labute approximate surface area is 92.9 Å². The zero-order chi connectivity index (χ0) is 10.7. The van der Waals surface area contributed by atoms with Crippen LogP contribution in [0.4, 0.5) is 0 Å². The van der Waals surface area contributed by atoms with Crippen LogP contribution >= 0.6 is 11.6 Å². The summed E-state index contributed by atoms with van der Waals surface area (Å²) in [6, 6.07) is 1.94. The van der Waals surface area contributed by atoms with Gasteiger partial charge in [0, 0.05) is 25.3 Å². The highest BCUT2D eigenvalue weighted by Gasteiger charge is 2.19. The van der Waals surface area contributed by atoms with Crippen LogP contribution in [-0.4, -0.2) is 23.2 Å². The molecule has 78 valence electrons. The first-order valence-corrected chi connectivity index (χ1v) is 5.19. The zero-order valence-electron chi connectivity index (χ0n) is 8.11. The molecule has 1 aromatic rings. The fourth-order valence-corrected chi connectivity index (χ4v) is 1.78. The first-order valence-electron chi connectivity index (χ1n) is 4.81. The summed E-state index contributed by atoms with van der Waals surface area (Å²) in [4.78, 5) is 8.30. The average molecular weight is 224 g/mol. The van der Waals surface area contributed by atoms with Crippen molar-refractivity contribution in [1.82, 2.24) is 9.97 Å². The van der Waals surface area contributed by atoms with E-state index in [0.29, 0.717) is 11.5 Å². The largest absolute Gasteiger partial charge is 0.381 e. The summed E-state index contributed by atoms with van der Waals surface area (Å²) in [5, 5.41) is 8.93. The van der Waals surface area contributed by atoms with Gasteiger partial charge in [-0.3, -0.25) is 0 Å². The van der Waals surface area contributed by atoms with E-state index in [4.69, 9.17) is 21.6 Å². The minimum absolute atomic E-state index is 0.244. The first kappa shape index (κ1) is 10.3. The molecule has 0 saturated carbocycles. The van der Waals surface area contributed by atoms with Crippen molar-refractivity contribution in [2.45, 2.75) is 18.8 Å². The van der Waals surface area contributed by atoms with Gasteiger partial charge in [0.25, 0.3) is 0 Å². The van der Waals surface area contributed by atoms with Crippen molar-refractivity contribution in [3.05, 3.63) is 22.7 Å². The standard InChI is InChI=1S/C10H10ClN3O/c11-9-8(5-12)6-13-10(14-9)7-1-3-15-4-2-7/h6-7H,1-4H2. The monoisotopic (exact) mass is 223 g/mol. The number of aromatic nitrogens is 2. The number of nitriles is 1. The van der Waals surface area contributed by atoms with Crippen LogP contribution in [-0.2, 0) is 4.74 Å². The fourth-order valence-electron chi connectivity index (χ4n) is 1.60. The molecule has 0 radical (unpaired) electrons. The van der Waals surface area contributed by atoms with Crippen molar-refractivity contribution in [2.24, 2.45) is 0 Å². The molecule has 5 heteroatoms. The molecule has 0 atom stereocenters. The number of hydrogen-bond donors (Lipinski definition) is 0. The fraction of sp³-hybridized carbons (Fsp3) is 0.500. The van der Waals surface area contributed by atoms with Crippen LogP contribution in [0, 0.1) is 11.3 Å². The Balaban J connectivity index is 2.22. The molecular weight excluding hydrogens is 214 g/mol. The molecule has 1 aliphatic heterocycles. The Morgan fingerprint density at radius 2 is 2.20 bits per heavy atom. The van der Waals surface area contributed by atoms with Gasteiger partial charge < -0.3 is 4.74 Å². The van der Waals surface area contributed by atoms with E-state index in [1.807, 2.05) is 6.07 Å². The lowest BCUT2D eigenvalue weighted by molar-refractivity contribution is 0.0836. The second-order valence-corrected chi connectivity index (χ2v) is 3.79. The van der Waals surface area contributed by atoms with Crippen molar-refractivity contribution in [1.29, 1.82) is 5.26 Å². The van der Waals surface area contributed by atoms with Gasteiger partial charge >= 0.3 is 0 Å². The highest BCUT2D eigenvalue weighted by molar-refractivity contribution is 6.30. The van der Waals surface area contributed by atoms with Gasteiger partial charge in [0.05, 0.1) is 0 Å². The highest BCUT2D eigenvalue weighted by Crippen LogP contribution is 2.25. The van der Waals surface area contributed by atoms with Gasteiger partial charge in [-0.05, 0) is 12.8 Å². The van der Waals surface area contributed by atoms with E-state index >= 15 is 0 Å². The predicted molar refractivity (Wildman–Crippen MR) is 54.6 cm³/mol. The first-order chi connectivity index (χ1) is 7.31. The third-order valence-electron chi connectivity index (χ3n) is 2.47. The van der Waals surface area contributed by atoms with Crippen LogP contribution in [0.15, 0.2) is 6.20 Å². The molecule has 1 aromatic heterocycles. The van der Waals surface area contributed by atoms with Gasteiger partial charge in [0.15, 0.2) is 5.15 Å². The Morgan fingerprint density at radius 3 is 2.80 bits per heavy atom. The highest BCUT2D eigenvalue weighted by atomic mass is 35.5. The van der Waals surface area contributed by atoms with Gasteiger partial charge in [-0.25, -0.2) is 9.97 Å². The minimum Gasteiger partial charge on any atom is -0.381 e. The van der Waals surface area contributed by atoms with Crippen LogP contribution in [0.3, 0.4) is 0 Å². The lowest BCUT2D eigenvalue weighted by atomic mass is 9.99. The maximum atomic E-state index is 8.69. The Bertz CT molecular complexity index is 396. The average Bonchev–Trinajstić information content (AvgIpc) is 2.30. The van der Waals surface area contributed by atoms with Crippen LogP contribution in [0.5, 0.6) is 0 Å². The molecule has 0 bridgehead atoms. The van der Waals surface area contributed by atoms with Crippen molar-refractivity contribution in [2.75, 3.05) is 13.2 Å².